The number of ketones is 1. The van der Waals surface area contributed by atoms with Gasteiger partial charge in [-0.15, -0.1) is 0 Å². The van der Waals surface area contributed by atoms with E-state index in [0.717, 1.165) is 6.26 Å². The summed E-state index contributed by atoms with van der Waals surface area (Å²) >= 11 is 0. The van der Waals surface area contributed by atoms with Crippen LogP contribution in [0.25, 0.3) is 0 Å². The maximum atomic E-state index is 11.6. The number of rotatable bonds is 2. The molecule has 0 N–H and O–H groups in total. The van der Waals surface area contributed by atoms with Gasteiger partial charge in [0.25, 0.3) is 6.29 Å². The number of hydrogen-bond acceptors (Lipinski definition) is 6. The first-order valence-corrected chi connectivity index (χ1v) is 4.67. The van der Waals surface area contributed by atoms with Gasteiger partial charge in [0.2, 0.25) is 11.5 Å². The molecule has 1 aliphatic rings. The molecule has 0 saturated heterocycles. The van der Waals surface area contributed by atoms with E-state index in [2.05, 4.69) is 4.74 Å². The van der Waals surface area contributed by atoms with Gasteiger partial charge >= 0.3 is 11.9 Å². The first-order chi connectivity index (χ1) is 7.41. The van der Waals surface area contributed by atoms with Gasteiger partial charge in [-0.05, 0) is 6.92 Å². The molecule has 0 bridgehead atoms. The zero-order chi connectivity index (χ0) is 12.3. The lowest BCUT2D eigenvalue weighted by molar-refractivity contribution is -0.182. The van der Waals surface area contributed by atoms with Crippen molar-refractivity contribution in [2.24, 2.45) is 5.92 Å². The van der Waals surface area contributed by atoms with Crippen LogP contribution in [0.5, 0.6) is 0 Å². The Balaban J connectivity index is 2.75. The summed E-state index contributed by atoms with van der Waals surface area (Å²) in [5.41, 5.74) is 0. The van der Waals surface area contributed by atoms with Crippen LogP contribution in [0.3, 0.4) is 0 Å². The van der Waals surface area contributed by atoms with Gasteiger partial charge in [-0.3, -0.25) is 14.4 Å². The van der Waals surface area contributed by atoms with Crippen LogP contribution in [-0.2, 0) is 28.6 Å². The van der Waals surface area contributed by atoms with Gasteiger partial charge < -0.3 is 14.2 Å². The van der Waals surface area contributed by atoms with Crippen molar-refractivity contribution < 1.29 is 28.6 Å². The lowest BCUT2D eigenvalue weighted by Crippen LogP contribution is -2.36. The Kier molecular flexibility index (Phi) is 3.65. The molecule has 0 saturated carbocycles. The average Bonchev–Trinajstić information content (AvgIpc) is 2.16. The number of ether oxygens (including phenoxy) is 3. The van der Waals surface area contributed by atoms with Gasteiger partial charge in [0, 0.05) is 13.8 Å². The van der Waals surface area contributed by atoms with Crippen molar-refractivity contribution >= 4 is 17.7 Å². The summed E-state index contributed by atoms with van der Waals surface area (Å²) < 4.78 is 14.4. The van der Waals surface area contributed by atoms with Gasteiger partial charge in [0.15, 0.2) is 0 Å². The van der Waals surface area contributed by atoms with Crippen molar-refractivity contribution in [3.05, 3.63) is 12.0 Å². The van der Waals surface area contributed by atoms with Crippen molar-refractivity contribution in [2.45, 2.75) is 27.1 Å². The quantitative estimate of drug-likeness (QED) is 0.641. The van der Waals surface area contributed by atoms with Gasteiger partial charge in [-0.1, -0.05) is 0 Å². The predicted octanol–water partition coefficient (Wildman–Crippen LogP) is 0.516. The Hall–Kier alpha value is -1.85. The summed E-state index contributed by atoms with van der Waals surface area (Å²) in [6, 6.07) is 0. The molecule has 0 amide bonds. The number of allylic oxidation sites excluding steroid dienone is 1. The second kappa shape index (κ2) is 4.78. The number of esters is 2. The third-order valence-corrected chi connectivity index (χ3v) is 1.91. The van der Waals surface area contributed by atoms with Gasteiger partial charge in [-0.2, -0.15) is 0 Å². The Bertz CT molecular complexity index is 356. The summed E-state index contributed by atoms with van der Waals surface area (Å²) in [5, 5.41) is 0. The van der Waals surface area contributed by atoms with Crippen molar-refractivity contribution in [3.8, 4) is 0 Å². The molecule has 0 radical (unpaired) electrons. The van der Waals surface area contributed by atoms with Crippen LogP contribution >= 0.6 is 0 Å². The maximum Gasteiger partial charge on any atom is 0.308 e. The van der Waals surface area contributed by atoms with Gasteiger partial charge in [-0.25, -0.2) is 0 Å². The van der Waals surface area contributed by atoms with E-state index in [9.17, 15) is 14.4 Å². The summed E-state index contributed by atoms with van der Waals surface area (Å²) in [6.45, 7) is 3.91. The molecule has 6 nitrogen and oxygen atoms in total. The maximum absolute atomic E-state index is 11.6. The average molecular weight is 228 g/mol. The first kappa shape index (κ1) is 12.2. The molecular weight excluding hydrogens is 216 g/mol. The van der Waals surface area contributed by atoms with Crippen LogP contribution in [0.4, 0.5) is 0 Å². The topological polar surface area (TPSA) is 78.9 Å². The lowest BCUT2D eigenvalue weighted by atomic mass is 10.0. The minimum absolute atomic E-state index is 0.177. The Morgan fingerprint density at radius 1 is 1.31 bits per heavy atom. The summed E-state index contributed by atoms with van der Waals surface area (Å²) in [6.07, 6.45) is 0.0152. The van der Waals surface area contributed by atoms with Crippen molar-refractivity contribution in [2.75, 3.05) is 0 Å². The third kappa shape index (κ3) is 2.82. The van der Waals surface area contributed by atoms with E-state index in [1.54, 1.807) is 0 Å². The second-order valence-electron chi connectivity index (χ2n) is 3.34. The van der Waals surface area contributed by atoms with E-state index >= 15 is 0 Å². The molecule has 0 aliphatic carbocycles. The molecule has 1 aliphatic heterocycles. The first-order valence-electron chi connectivity index (χ1n) is 4.67. The molecule has 1 rings (SSSR count). The van der Waals surface area contributed by atoms with Crippen LogP contribution in [0, 0.1) is 5.92 Å². The van der Waals surface area contributed by atoms with Crippen LogP contribution in [0.15, 0.2) is 12.0 Å². The van der Waals surface area contributed by atoms with Gasteiger partial charge in [0.1, 0.15) is 6.26 Å². The van der Waals surface area contributed by atoms with Crippen LogP contribution in [-0.4, -0.2) is 24.0 Å². The highest BCUT2D eigenvalue weighted by Gasteiger charge is 2.35. The lowest BCUT2D eigenvalue weighted by Gasteiger charge is -2.26. The number of hydrogen-bond donors (Lipinski definition) is 0. The summed E-state index contributed by atoms with van der Waals surface area (Å²) in [5.74, 6) is -2.48. The Morgan fingerprint density at radius 3 is 2.44 bits per heavy atom. The summed E-state index contributed by atoms with van der Waals surface area (Å²) in [4.78, 5) is 33.0. The fourth-order valence-corrected chi connectivity index (χ4v) is 1.18. The van der Waals surface area contributed by atoms with Crippen LogP contribution in [0.2, 0.25) is 0 Å². The van der Waals surface area contributed by atoms with Crippen molar-refractivity contribution in [1.29, 1.82) is 0 Å². The monoisotopic (exact) mass is 228 g/mol. The standard InChI is InChI=1S/C10H12O6/c1-5-9(13)8(15-6(2)11)4-14-10(5)16-7(3)12/h4-5,10H,1-3H3/t5?,10-/m0/s1. The zero-order valence-corrected chi connectivity index (χ0v) is 9.18. The van der Waals surface area contributed by atoms with E-state index in [-0.39, 0.29) is 5.76 Å². The fraction of sp³-hybridized carbons (Fsp3) is 0.500. The molecule has 0 aromatic carbocycles. The molecule has 2 atom stereocenters. The molecule has 16 heavy (non-hydrogen) atoms. The smallest absolute Gasteiger partial charge is 0.308 e. The Labute approximate surface area is 92.2 Å². The van der Waals surface area contributed by atoms with E-state index in [4.69, 9.17) is 9.47 Å². The van der Waals surface area contributed by atoms with E-state index in [1.165, 1.54) is 20.8 Å². The highest BCUT2D eigenvalue weighted by atomic mass is 16.7. The predicted molar refractivity (Wildman–Crippen MR) is 50.7 cm³/mol. The largest absolute Gasteiger partial charge is 0.458 e. The third-order valence-electron chi connectivity index (χ3n) is 1.91. The van der Waals surface area contributed by atoms with E-state index in [1.807, 2.05) is 0 Å². The highest BCUT2D eigenvalue weighted by Crippen LogP contribution is 2.22. The Morgan fingerprint density at radius 2 is 1.94 bits per heavy atom. The van der Waals surface area contributed by atoms with Crippen molar-refractivity contribution in [1.82, 2.24) is 0 Å². The number of carbonyl (C=O) groups is 3. The number of carbonyl (C=O) groups excluding carboxylic acids is 3. The van der Waals surface area contributed by atoms with Crippen molar-refractivity contribution in [3.63, 3.8) is 0 Å². The molecule has 88 valence electrons. The van der Waals surface area contributed by atoms with E-state index in [0.29, 0.717) is 0 Å². The molecule has 0 aromatic rings. The zero-order valence-electron chi connectivity index (χ0n) is 9.18. The molecule has 1 heterocycles. The minimum atomic E-state index is -0.968. The summed E-state index contributed by atoms with van der Waals surface area (Å²) in [7, 11) is 0. The SMILES string of the molecule is CC(=O)OC1=CO[C@@H](OC(C)=O)C(C)C1=O. The molecule has 0 fully saturated rings. The highest BCUT2D eigenvalue weighted by molar-refractivity contribution is 5.97. The molecule has 6 heteroatoms. The van der Waals surface area contributed by atoms with Crippen LogP contribution in [0.1, 0.15) is 20.8 Å². The minimum Gasteiger partial charge on any atom is -0.458 e. The fourth-order valence-electron chi connectivity index (χ4n) is 1.18. The molecule has 0 aromatic heterocycles. The molecule has 0 spiro atoms. The molecular formula is C10H12O6. The number of Topliss-reactive ketones (excluding diaryl/α,β-unsaturated/α-hetero) is 1. The van der Waals surface area contributed by atoms with Gasteiger partial charge in [0.05, 0.1) is 5.92 Å². The van der Waals surface area contributed by atoms with Crippen LogP contribution < -0.4 is 0 Å². The second-order valence-corrected chi connectivity index (χ2v) is 3.34. The normalized spacial score (nSPS) is 24.2. The molecule has 1 unspecified atom stereocenters. The van der Waals surface area contributed by atoms with E-state index < -0.39 is 29.9 Å².